The van der Waals surface area contributed by atoms with Crippen LogP contribution in [0.3, 0.4) is 0 Å². The molecule has 1 fully saturated rings. The number of fused-ring (bicyclic) bond motifs is 1. The van der Waals surface area contributed by atoms with Gasteiger partial charge in [-0.25, -0.2) is 13.8 Å². The summed E-state index contributed by atoms with van der Waals surface area (Å²) in [4.78, 5) is 34.6. The number of benzene rings is 3. The van der Waals surface area contributed by atoms with Crippen LogP contribution in [0.4, 0.5) is 20.2 Å². The molecule has 2 aliphatic rings. The zero-order chi connectivity index (χ0) is 30.1. The zero-order valence-electron chi connectivity index (χ0n) is 23.8. The Hall–Kier alpha value is -4.99. The van der Waals surface area contributed by atoms with Crippen LogP contribution < -0.4 is 14.8 Å². The Kier molecular flexibility index (Phi) is 7.67. The van der Waals surface area contributed by atoms with E-state index < -0.39 is 11.6 Å². The molecule has 0 atom stereocenters. The number of carbonyl (C=O) groups excluding carboxylic acids is 2. The quantitative estimate of drug-likeness (QED) is 0.266. The smallest absolute Gasteiger partial charge is 0.258 e. The van der Waals surface area contributed by atoms with Crippen LogP contribution in [0, 0.1) is 11.6 Å². The van der Waals surface area contributed by atoms with Crippen LogP contribution in [0.5, 0.6) is 11.5 Å². The second-order valence-corrected chi connectivity index (χ2v) is 10.5. The summed E-state index contributed by atoms with van der Waals surface area (Å²) in [5.74, 6) is -0.642. The van der Waals surface area contributed by atoms with E-state index in [2.05, 4.69) is 10.3 Å². The molecule has 1 saturated heterocycles. The molecule has 2 amide bonds. The van der Waals surface area contributed by atoms with Crippen LogP contribution in [0.2, 0.25) is 0 Å². The normalized spacial score (nSPS) is 14.2. The highest BCUT2D eigenvalue weighted by atomic mass is 19.1. The Balaban J connectivity index is 1.35. The number of pyridine rings is 1. The fourth-order valence-corrected chi connectivity index (χ4v) is 5.60. The van der Waals surface area contributed by atoms with Crippen molar-refractivity contribution >= 4 is 23.2 Å². The largest absolute Gasteiger partial charge is 0.497 e. The Bertz CT molecular complexity index is 1680. The number of hydrogen-bond donors (Lipinski definition) is 1. The van der Waals surface area contributed by atoms with Crippen LogP contribution in [0.1, 0.15) is 44.8 Å². The van der Waals surface area contributed by atoms with E-state index in [9.17, 15) is 18.4 Å². The lowest BCUT2D eigenvalue weighted by molar-refractivity contribution is 0.0764. The molecule has 1 aromatic heterocycles. The summed E-state index contributed by atoms with van der Waals surface area (Å²) in [7, 11) is 3.10. The van der Waals surface area contributed by atoms with Crippen LogP contribution in [0.25, 0.3) is 11.3 Å². The van der Waals surface area contributed by atoms with E-state index in [1.807, 2.05) is 11.0 Å². The van der Waals surface area contributed by atoms with Gasteiger partial charge in [0.15, 0.2) is 0 Å². The minimum absolute atomic E-state index is 0.0223. The second kappa shape index (κ2) is 11.7. The molecule has 6 rings (SSSR count). The number of carbonyl (C=O) groups is 2. The van der Waals surface area contributed by atoms with Crippen molar-refractivity contribution in [3.05, 3.63) is 101 Å². The van der Waals surface area contributed by atoms with Crippen molar-refractivity contribution in [2.24, 2.45) is 0 Å². The molecule has 0 radical (unpaired) electrons. The highest BCUT2D eigenvalue weighted by molar-refractivity contribution is 6.04. The molecule has 1 N–H and O–H groups in total. The van der Waals surface area contributed by atoms with Gasteiger partial charge in [-0.1, -0.05) is 6.07 Å². The van der Waals surface area contributed by atoms with Gasteiger partial charge in [-0.2, -0.15) is 0 Å². The summed E-state index contributed by atoms with van der Waals surface area (Å²) in [5.41, 5.74) is 2.78. The predicted molar refractivity (Wildman–Crippen MR) is 158 cm³/mol. The van der Waals surface area contributed by atoms with Gasteiger partial charge in [-0.3, -0.25) is 9.59 Å². The molecule has 43 heavy (non-hydrogen) atoms. The number of anilines is 2. The first-order valence-corrected chi connectivity index (χ1v) is 14.0. The van der Waals surface area contributed by atoms with Gasteiger partial charge in [-0.05, 0) is 67.4 Å². The number of likely N-dealkylation sites (tertiary alicyclic amines) is 1. The van der Waals surface area contributed by atoms with Gasteiger partial charge >= 0.3 is 0 Å². The Morgan fingerprint density at radius 3 is 2.33 bits per heavy atom. The molecule has 10 heteroatoms. The molecule has 0 unspecified atom stereocenters. The highest BCUT2D eigenvalue weighted by Gasteiger charge is 2.33. The maximum absolute atomic E-state index is 14.8. The average Bonchev–Trinajstić information content (AvgIpc) is 3.66. The van der Waals surface area contributed by atoms with Gasteiger partial charge < -0.3 is 24.6 Å². The second-order valence-electron chi connectivity index (χ2n) is 10.5. The molecule has 3 heterocycles. The maximum Gasteiger partial charge on any atom is 0.258 e. The van der Waals surface area contributed by atoms with E-state index in [1.54, 1.807) is 55.5 Å². The Morgan fingerprint density at radius 2 is 1.65 bits per heavy atom. The molecule has 3 aromatic carbocycles. The minimum atomic E-state index is -0.757. The molecule has 220 valence electrons. The summed E-state index contributed by atoms with van der Waals surface area (Å²) in [5, 5.41) is 3.24. The van der Waals surface area contributed by atoms with Crippen LogP contribution in [-0.4, -0.2) is 53.9 Å². The van der Waals surface area contributed by atoms with Crippen LogP contribution in [-0.2, 0) is 13.1 Å². The SMILES string of the molecule is COc1ccc(CN2Cc3nc(-c4c(F)cccc4F)cc(Nc4ccc(C(=O)N5CCCC5)cc4)c3C2=O)c(OC)c1. The summed E-state index contributed by atoms with van der Waals surface area (Å²) in [6.45, 7) is 1.85. The van der Waals surface area contributed by atoms with Gasteiger partial charge in [0, 0.05) is 36.0 Å². The fraction of sp³-hybridized carbons (Fsp3) is 0.242. The minimum Gasteiger partial charge on any atom is -0.497 e. The number of nitrogens with one attached hydrogen (secondary N) is 1. The molecular formula is C33H30F2N4O4. The average molecular weight is 585 g/mol. The van der Waals surface area contributed by atoms with E-state index in [0.717, 1.165) is 31.5 Å². The standard InChI is InChI=1S/C33H30F2N4O4/c1-42-23-13-10-21(29(16-23)43-2)18-39-19-28-31(33(39)41)27(17-26(37-28)30-24(34)6-5-7-25(30)35)36-22-11-8-20(9-12-22)32(40)38-14-3-4-15-38/h5-13,16-17H,3-4,14-15,18-19H2,1-2H3,(H,36,37). The molecular weight excluding hydrogens is 554 g/mol. The summed E-state index contributed by atoms with van der Waals surface area (Å²) in [6.07, 6.45) is 2.00. The van der Waals surface area contributed by atoms with E-state index in [4.69, 9.17) is 9.47 Å². The number of ether oxygens (including phenoxy) is 2. The number of methoxy groups -OCH3 is 2. The third-order valence-corrected chi connectivity index (χ3v) is 7.81. The summed E-state index contributed by atoms with van der Waals surface area (Å²) < 4.78 is 40.5. The number of hydrogen-bond acceptors (Lipinski definition) is 6. The fourth-order valence-electron chi connectivity index (χ4n) is 5.60. The first kappa shape index (κ1) is 28.1. The number of halogens is 2. The van der Waals surface area contributed by atoms with Crippen molar-refractivity contribution in [3.8, 4) is 22.8 Å². The topological polar surface area (TPSA) is 84.0 Å². The van der Waals surface area contributed by atoms with E-state index >= 15 is 0 Å². The van der Waals surface area contributed by atoms with Gasteiger partial charge in [0.25, 0.3) is 11.8 Å². The summed E-state index contributed by atoms with van der Waals surface area (Å²) in [6, 6.07) is 17.4. The molecule has 2 aliphatic heterocycles. The van der Waals surface area contributed by atoms with Crippen LogP contribution in [0.15, 0.2) is 66.7 Å². The van der Waals surface area contributed by atoms with Gasteiger partial charge in [-0.15, -0.1) is 0 Å². The lowest BCUT2D eigenvalue weighted by atomic mass is 10.1. The molecule has 0 aliphatic carbocycles. The monoisotopic (exact) mass is 584 g/mol. The highest BCUT2D eigenvalue weighted by Crippen LogP contribution is 2.37. The summed E-state index contributed by atoms with van der Waals surface area (Å²) >= 11 is 0. The molecule has 4 aromatic rings. The van der Waals surface area contributed by atoms with E-state index in [-0.39, 0.29) is 36.2 Å². The van der Waals surface area contributed by atoms with Gasteiger partial charge in [0.2, 0.25) is 0 Å². The van der Waals surface area contributed by atoms with Crippen molar-refractivity contribution in [2.45, 2.75) is 25.9 Å². The van der Waals surface area contributed by atoms with Crippen molar-refractivity contribution in [3.63, 3.8) is 0 Å². The number of rotatable bonds is 8. The number of nitrogens with zero attached hydrogens (tertiary/aromatic N) is 3. The molecule has 0 saturated carbocycles. The van der Waals surface area contributed by atoms with Gasteiger partial charge in [0.1, 0.15) is 23.1 Å². The molecule has 8 nitrogen and oxygen atoms in total. The number of aromatic nitrogens is 1. The lowest BCUT2D eigenvalue weighted by Crippen LogP contribution is -2.27. The first-order chi connectivity index (χ1) is 20.9. The number of amides is 2. The van der Waals surface area contributed by atoms with E-state index in [0.29, 0.717) is 39.7 Å². The van der Waals surface area contributed by atoms with Crippen molar-refractivity contribution in [1.82, 2.24) is 14.8 Å². The van der Waals surface area contributed by atoms with Crippen molar-refractivity contribution in [2.75, 3.05) is 32.6 Å². The molecule has 0 bridgehead atoms. The van der Waals surface area contributed by atoms with Crippen LogP contribution >= 0.6 is 0 Å². The lowest BCUT2D eigenvalue weighted by Gasteiger charge is -2.18. The zero-order valence-corrected chi connectivity index (χ0v) is 23.8. The predicted octanol–water partition coefficient (Wildman–Crippen LogP) is 6.18. The van der Waals surface area contributed by atoms with Gasteiger partial charge in [0.05, 0.1) is 55.5 Å². The van der Waals surface area contributed by atoms with Crippen molar-refractivity contribution < 1.29 is 27.8 Å². The van der Waals surface area contributed by atoms with Crippen molar-refractivity contribution in [1.29, 1.82) is 0 Å². The third-order valence-electron chi connectivity index (χ3n) is 7.81. The third kappa shape index (κ3) is 5.48. The Labute approximate surface area is 247 Å². The first-order valence-electron chi connectivity index (χ1n) is 14.0. The van der Waals surface area contributed by atoms with E-state index in [1.165, 1.54) is 24.3 Å². The molecule has 0 spiro atoms. The Morgan fingerprint density at radius 1 is 0.930 bits per heavy atom. The maximum atomic E-state index is 14.8.